The maximum Gasteiger partial charge on any atom is 0.360 e. The van der Waals surface area contributed by atoms with E-state index in [-0.39, 0.29) is 5.71 Å². The van der Waals surface area contributed by atoms with Crippen molar-refractivity contribution in [1.82, 2.24) is 0 Å². The van der Waals surface area contributed by atoms with E-state index in [1.807, 2.05) is 19.9 Å². The Morgan fingerprint density at radius 2 is 2.14 bits per heavy atom. The van der Waals surface area contributed by atoms with Crippen molar-refractivity contribution in [2.45, 2.75) is 20.8 Å². The molecule has 0 aromatic rings. The molecule has 0 N–H and O–H groups in total. The van der Waals surface area contributed by atoms with Gasteiger partial charge in [0, 0.05) is 0 Å². The van der Waals surface area contributed by atoms with Crippen molar-refractivity contribution in [3.63, 3.8) is 0 Å². The monoisotopic (exact) mass is 199 g/mol. The van der Waals surface area contributed by atoms with Crippen LogP contribution in [0.1, 0.15) is 20.8 Å². The van der Waals surface area contributed by atoms with Crippen LogP contribution in [0.25, 0.3) is 0 Å². The molecule has 0 heterocycles. The quantitative estimate of drug-likeness (QED) is 0.385. The molecule has 0 aliphatic carbocycles. The number of carbonyl (C=O) groups is 1. The number of esters is 1. The highest BCUT2D eigenvalue weighted by molar-refractivity contribution is 6.41. The maximum atomic E-state index is 11.3. The molecule has 14 heavy (non-hydrogen) atoms. The molecule has 0 fully saturated rings. The van der Waals surface area contributed by atoms with Crippen molar-refractivity contribution in [2.75, 3.05) is 13.7 Å². The summed E-state index contributed by atoms with van der Waals surface area (Å²) in [7, 11) is 1.39. The summed E-state index contributed by atoms with van der Waals surface area (Å²) in [6.07, 6.45) is 3.46. The lowest BCUT2D eigenvalue weighted by Crippen LogP contribution is -2.15. The molecular weight excluding hydrogens is 182 g/mol. The fraction of sp³-hybridized carbons (Fsp3) is 0.600. The number of oxime groups is 1. The summed E-state index contributed by atoms with van der Waals surface area (Å²) in [5.74, 6) is -0.113. The van der Waals surface area contributed by atoms with E-state index in [4.69, 9.17) is 4.74 Å². The van der Waals surface area contributed by atoms with Crippen LogP contribution in [0.3, 0.4) is 0 Å². The standard InChI is InChI=1S/C10H17NO3/c1-5-14-10(12)9(11-13-4)7-6-8(2)3/h6-8H,5H2,1-4H3/b7-6+,11-9-. The number of ether oxygens (including phenoxy) is 1. The highest BCUT2D eigenvalue weighted by Crippen LogP contribution is 1.96. The van der Waals surface area contributed by atoms with Crippen LogP contribution in [0.4, 0.5) is 0 Å². The number of rotatable bonds is 5. The third kappa shape index (κ3) is 5.35. The molecule has 0 unspecified atom stereocenters. The van der Waals surface area contributed by atoms with E-state index < -0.39 is 5.97 Å². The Morgan fingerprint density at radius 3 is 2.57 bits per heavy atom. The van der Waals surface area contributed by atoms with Gasteiger partial charge in [0.1, 0.15) is 7.11 Å². The first-order valence-corrected chi connectivity index (χ1v) is 4.58. The molecule has 0 aliphatic heterocycles. The Kier molecular flexibility index (Phi) is 6.45. The first-order chi connectivity index (χ1) is 6.61. The molecule has 0 aromatic carbocycles. The van der Waals surface area contributed by atoms with Crippen LogP contribution in [-0.2, 0) is 14.4 Å². The van der Waals surface area contributed by atoms with E-state index in [1.54, 1.807) is 13.0 Å². The van der Waals surface area contributed by atoms with Crippen molar-refractivity contribution < 1.29 is 14.4 Å². The zero-order chi connectivity index (χ0) is 11.0. The normalized spacial score (nSPS) is 12.2. The van der Waals surface area contributed by atoms with E-state index >= 15 is 0 Å². The number of carbonyl (C=O) groups excluding carboxylic acids is 1. The van der Waals surface area contributed by atoms with Gasteiger partial charge in [-0.15, -0.1) is 0 Å². The van der Waals surface area contributed by atoms with E-state index in [0.717, 1.165) is 0 Å². The molecule has 0 spiro atoms. The summed E-state index contributed by atoms with van der Waals surface area (Å²) in [6.45, 7) is 6.09. The Labute approximate surface area is 84.6 Å². The lowest BCUT2D eigenvalue weighted by atomic mass is 10.2. The van der Waals surface area contributed by atoms with Gasteiger partial charge in [-0.2, -0.15) is 0 Å². The molecule has 0 saturated heterocycles. The summed E-state index contributed by atoms with van der Waals surface area (Å²) in [5, 5.41) is 3.57. The molecule has 0 atom stereocenters. The number of hydrogen-bond acceptors (Lipinski definition) is 4. The number of hydrogen-bond donors (Lipinski definition) is 0. The lowest BCUT2D eigenvalue weighted by Gasteiger charge is -2.01. The molecule has 4 nitrogen and oxygen atoms in total. The van der Waals surface area contributed by atoms with Crippen molar-refractivity contribution in [1.29, 1.82) is 0 Å². The van der Waals surface area contributed by atoms with E-state index in [0.29, 0.717) is 12.5 Å². The SMILES string of the molecule is CCOC(=O)C(/C=C/C(C)C)=N\OC. The first kappa shape index (κ1) is 12.7. The maximum absolute atomic E-state index is 11.3. The van der Waals surface area contributed by atoms with Crippen molar-refractivity contribution in [2.24, 2.45) is 11.1 Å². The third-order valence-electron chi connectivity index (χ3n) is 1.31. The Balaban J connectivity index is 4.45. The highest BCUT2D eigenvalue weighted by Gasteiger charge is 2.09. The molecule has 0 rings (SSSR count). The summed E-state index contributed by atoms with van der Waals surface area (Å²) < 4.78 is 4.79. The van der Waals surface area contributed by atoms with Crippen LogP contribution in [-0.4, -0.2) is 25.4 Å². The molecule has 0 radical (unpaired) electrons. The number of allylic oxidation sites excluding steroid dienone is 1. The van der Waals surface area contributed by atoms with Crippen molar-refractivity contribution in [3.05, 3.63) is 12.2 Å². The predicted octanol–water partition coefficient (Wildman–Crippen LogP) is 1.76. The second-order valence-electron chi connectivity index (χ2n) is 2.98. The summed E-state index contributed by atoms with van der Waals surface area (Å²) >= 11 is 0. The summed E-state index contributed by atoms with van der Waals surface area (Å²) in [4.78, 5) is 15.8. The van der Waals surface area contributed by atoms with Gasteiger partial charge in [0.25, 0.3) is 0 Å². The third-order valence-corrected chi connectivity index (χ3v) is 1.31. The minimum Gasteiger partial charge on any atom is -0.461 e. The fourth-order valence-electron chi connectivity index (χ4n) is 0.723. The molecule has 0 aromatic heterocycles. The van der Waals surface area contributed by atoms with Gasteiger partial charge in [-0.05, 0) is 18.9 Å². The van der Waals surface area contributed by atoms with Gasteiger partial charge < -0.3 is 9.57 Å². The summed E-state index contributed by atoms with van der Waals surface area (Å²) in [5.41, 5.74) is 0.183. The molecule has 0 amide bonds. The minimum absolute atomic E-state index is 0.183. The van der Waals surface area contributed by atoms with Crippen LogP contribution in [0.5, 0.6) is 0 Å². The van der Waals surface area contributed by atoms with E-state index in [1.165, 1.54) is 7.11 Å². The van der Waals surface area contributed by atoms with Crippen molar-refractivity contribution >= 4 is 11.7 Å². The minimum atomic E-state index is -0.466. The number of nitrogens with zero attached hydrogens (tertiary/aromatic N) is 1. The smallest absolute Gasteiger partial charge is 0.360 e. The van der Waals surface area contributed by atoms with Gasteiger partial charge in [0.05, 0.1) is 6.61 Å². The Morgan fingerprint density at radius 1 is 1.50 bits per heavy atom. The van der Waals surface area contributed by atoms with E-state index in [2.05, 4.69) is 9.99 Å². The van der Waals surface area contributed by atoms with Crippen LogP contribution < -0.4 is 0 Å². The average molecular weight is 199 g/mol. The highest BCUT2D eigenvalue weighted by atomic mass is 16.6. The summed E-state index contributed by atoms with van der Waals surface area (Å²) in [6, 6.07) is 0. The van der Waals surface area contributed by atoms with E-state index in [9.17, 15) is 4.79 Å². The van der Waals surface area contributed by atoms with Gasteiger partial charge in [0.15, 0.2) is 5.71 Å². The first-order valence-electron chi connectivity index (χ1n) is 4.58. The van der Waals surface area contributed by atoms with Crippen LogP contribution in [0.15, 0.2) is 17.3 Å². The largest absolute Gasteiger partial charge is 0.461 e. The van der Waals surface area contributed by atoms with Crippen LogP contribution in [0, 0.1) is 5.92 Å². The second-order valence-corrected chi connectivity index (χ2v) is 2.98. The Hall–Kier alpha value is -1.32. The topological polar surface area (TPSA) is 47.9 Å². The molecule has 0 saturated carbocycles. The predicted molar refractivity (Wildman–Crippen MR) is 55.1 cm³/mol. The Bertz CT molecular complexity index is 232. The van der Waals surface area contributed by atoms with Gasteiger partial charge >= 0.3 is 5.97 Å². The lowest BCUT2D eigenvalue weighted by molar-refractivity contribution is -0.135. The molecule has 0 bridgehead atoms. The van der Waals surface area contributed by atoms with Gasteiger partial charge in [-0.25, -0.2) is 4.79 Å². The van der Waals surface area contributed by atoms with Gasteiger partial charge in [-0.3, -0.25) is 0 Å². The molecule has 80 valence electrons. The molecule has 4 heteroatoms. The molecular formula is C10H17NO3. The van der Waals surface area contributed by atoms with Crippen molar-refractivity contribution in [3.8, 4) is 0 Å². The second kappa shape index (κ2) is 7.12. The molecule has 0 aliphatic rings. The zero-order valence-electron chi connectivity index (χ0n) is 9.11. The van der Waals surface area contributed by atoms with Crippen LogP contribution in [0.2, 0.25) is 0 Å². The van der Waals surface area contributed by atoms with Gasteiger partial charge in [-0.1, -0.05) is 25.1 Å². The van der Waals surface area contributed by atoms with Crippen LogP contribution >= 0.6 is 0 Å². The van der Waals surface area contributed by atoms with Gasteiger partial charge in [0.2, 0.25) is 0 Å². The zero-order valence-corrected chi connectivity index (χ0v) is 9.11. The fourth-order valence-corrected chi connectivity index (χ4v) is 0.723. The average Bonchev–Trinajstić information content (AvgIpc) is 2.12.